The van der Waals surface area contributed by atoms with Gasteiger partial charge in [-0.3, -0.25) is 0 Å². The van der Waals surface area contributed by atoms with Crippen molar-refractivity contribution in [2.75, 3.05) is 36.4 Å². The number of halogens is 3. The van der Waals surface area contributed by atoms with Crippen LogP contribution in [0.4, 0.5) is 20.6 Å². The molecule has 1 heterocycles. The van der Waals surface area contributed by atoms with Crippen molar-refractivity contribution in [2.45, 2.75) is 0 Å². The van der Waals surface area contributed by atoms with Gasteiger partial charge in [0.1, 0.15) is 5.82 Å². The number of hydrogen-bond acceptors (Lipinski definition) is 2. The first-order valence-electron chi connectivity index (χ1n) is 7.55. The van der Waals surface area contributed by atoms with Crippen molar-refractivity contribution in [1.29, 1.82) is 0 Å². The lowest BCUT2D eigenvalue weighted by atomic mass is 10.2. The third-order valence-electron chi connectivity index (χ3n) is 3.95. The molecule has 126 valence electrons. The van der Waals surface area contributed by atoms with Crippen LogP contribution in [-0.2, 0) is 0 Å². The van der Waals surface area contributed by atoms with Crippen molar-refractivity contribution in [3.05, 3.63) is 58.3 Å². The summed E-state index contributed by atoms with van der Waals surface area (Å²) in [7, 11) is 0. The van der Waals surface area contributed by atoms with Crippen LogP contribution in [0.2, 0.25) is 10.0 Å². The zero-order chi connectivity index (χ0) is 17.1. The van der Waals surface area contributed by atoms with E-state index in [1.54, 1.807) is 41.3 Å². The number of piperazine rings is 1. The Balaban J connectivity index is 1.62. The van der Waals surface area contributed by atoms with Gasteiger partial charge in [0.2, 0.25) is 0 Å². The smallest absolute Gasteiger partial charge is 0.322 e. The highest BCUT2D eigenvalue weighted by Crippen LogP contribution is 2.30. The van der Waals surface area contributed by atoms with E-state index in [1.165, 1.54) is 6.07 Å². The second kappa shape index (κ2) is 7.28. The number of urea groups is 1. The molecule has 0 radical (unpaired) electrons. The van der Waals surface area contributed by atoms with E-state index in [1.807, 2.05) is 4.90 Å². The molecule has 7 heteroatoms. The molecule has 2 amide bonds. The fraction of sp³-hybridized carbons (Fsp3) is 0.235. The molecule has 2 aromatic carbocycles. The van der Waals surface area contributed by atoms with Crippen molar-refractivity contribution in [3.63, 3.8) is 0 Å². The van der Waals surface area contributed by atoms with Crippen molar-refractivity contribution in [3.8, 4) is 0 Å². The number of para-hydroxylation sites is 2. The van der Waals surface area contributed by atoms with E-state index in [0.717, 1.165) is 0 Å². The normalized spacial score (nSPS) is 14.6. The van der Waals surface area contributed by atoms with Gasteiger partial charge in [0.15, 0.2) is 0 Å². The first kappa shape index (κ1) is 16.9. The molecule has 0 spiro atoms. The van der Waals surface area contributed by atoms with E-state index >= 15 is 0 Å². The van der Waals surface area contributed by atoms with Crippen LogP contribution in [0.15, 0.2) is 42.5 Å². The number of nitrogens with one attached hydrogen (secondary N) is 1. The highest BCUT2D eigenvalue weighted by Gasteiger charge is 2.23. The lowest BCUT2D eigenvalue weighted by Gasteiger charge is -2.36. The molecule has 2 aromatic rings. The molecule has 0 bridgehead atoms. The maximum absolute atomic E-state index is 13.8. The minimum absolute atomic E-state index is 0.252. The Morgan fingerprint density at radius 2 is 1.58 bits per heavy atom. The number of hydrogen-bond donors (Lipinski definition) is 1. The van der Waals surface area contributed by atoms with Crippen molar-refractivity contribution in [2.24, 2.45) is 0 Å². The Hall–Kier alpha value is -1.98. The summed E-state index contributed by atoms with van der Waals surface area (Å²) in [5, 5.41) is 3.52. The summed E-state index contributed by atoms with van der Waals surface area (Å²) < 4.78 is 13.8. The molecule has 0 saturated carbocycles. The lowest BCUT2D eigenvalue weighted by Crippen LogP contribution is -2.50. The third kappa shape index (κ3) is 3.57. The molecule has 1 N–H and O–H groups in total. The second-order valence-electron chi connectivity index (χ2n) is 5.45. The number of benzene rings is 2. The first-order valence-corrected chi connectivity index (χ1v) is 8.31. The minimum atomic E-state index is -0.266. The van der Waals surface area contributed by atoms with Crippen LogP contribution < -0.4 is 10.2 Å². The number of anilines is 2. The van der Waals surface area contributed by atoms with Crippen LogP contribution in [0.5, 0.6) is 0 Å². The third-order valence-corrected chi connectivity index (χ3v) is 4.58. The predicted molar refractivity (Wildman–Crippen MR) is 95.7 cm³/mol. The van der Waals surface area contributed by atoms with Crippen LogP contribution in [0.25, 0.3) is 0 Å². The van der Waals surface area contributed by atoms with Crippen molar-refractivity contribution in [1.82, 2.24) is 4.90 Å². The van der Waals surface area contributed by atoms with Gasteiger partial charge in [-0.25, -0.2) is 9.18 Å². The van der Waals surface area contributed by atoms with Crippen LogP contribution in [0.1, 0.15) is 0 Å². The van der Waals surface area contributed by atoms with E-state index in [9.17, 15) is 9.18 Å². The zero-order valence-electron chi connectivity index (χ0n) is 12.8. The average Bonchev–Trinajstić information content (AvgIpc) is 2.59. The second-order valence-corrected chi connectivity index (χ2v) is 6.27. The number of rotatable bonds is 2. The molecular weight excluding hydrogens is 352 g/mol. The van der Waals surface area contributed by atoms with Gasteiger partial charge >= 0.3 is 6.03 Å². The van der Waals surface area contributed by atoms with Gasteiger partial charge in [0, 0.05) is 26.2 Å². The quantitative estimate of drug-likeness (QED) is 0.848. The van der Waals surface area contributed by atoms with E-state index in [0.29, 0.717) is 47.6 Å². The van der Waals surface area contributed by atoms with E-state index in [4.69, 9.17) is 23.2 Å². The lowest BCUT2D eigenvalue weighted by molar-refractivity contribution is 0.208. The van der Waals surface area contributed by atoms with Gasteiger partial charge in [-0.1, -0.05) is 41.4 Å². The Kier molecular flexibility index (Phi) is 5.11. The maximum Gasteiger partial charge on any atom is 0.322 e. The van der Waals surface area contributed by atoms with Gasteiger partial charge in [-0.05, 0) is 24.3 Å². The molecule has 0 aliphatic carbocycles. The summed E-state index contributed by atoms with van der Waals surface area (Å²) in [6, 6.07) is 11.4. The fourth-order valence-electron chi connectivity index (χ4n) is 2.66. The molecule has 3 rings (SSSR count). The van der Waals surface area contributed by atoms with E-state index in [2.05, 4.69) is 5.32 Å². The molecule has 1 saturated heterocycles. The van der Waals surface area contributed by atoms with Gasteiger partial charge in [0.25, 0.3) is 0 Å². The molecule has 0 unspecified atom stereocenters. The molecule has 1 fully saturated rings. The Morgan fingerprint density at radius 3 is 2.21 bits per heavy atom. The molecule has 0 aromatic heterocycles. The highest BCUT2D eigenvalue weighted by molar-refractivity contribution is 6.39. The molecular formula is C17H16Cl2FN3O. The number of carbonyl (C=O) groups excluding carboxylic acids is 1. The monoisotopic (exact) mass is 367 g/mol. The number of carbonyl (C=O) groups is 1. The van der Waals surface area contributed by atoms with Crippen LogP contribution in [-0.4, -0.2) is 37.1 Å². The number of nitrogens with zero attached hydrogens (tertiary/aromatic N) is 2. The number of amides is 2. The molecule has 4 nitrogen and oxygen atoms in total. The largest absolute Gasteiger partial charge is 0.366 e. The topological polar surface area (TPSA) is 35.6 Å². The molecule has 24 heavy (non-hydrogen) atoms. The highest BCUT2D eigenvalue weighted by atomic mass is 35.5. The Labute approximate surface area is 149 Å². The van der Waals surface area contributed by atoms with Crippen molar-refractivity contribution < 1.29 is 9.18 Å². The molecule has 0 atom stereocenters. The first-order chi connectivity index (χ1) is 11.6. The van der Waals surface area contributed by atoms with Crippen LogP contribution >= 0.6 is 23.2 Å². The summed E-state index contributed by atoms with van der Waals surface area (Å²) >= 11 is 12.1. The average molecular weight is 368 g/mol. The van der Waals surface area contributed by atoms with Crippen LogP contribution in [0, 0.1) is 5.82 Å². The van der Waals surface area contributed by atoms with E-state index in [-0.39, 0.29) is 11.8 Å². The summed E-state index contributed by atoms with van der Waals surface area (Å²) in [6.07, 6.45) is 0. The van der Waals surface area contributed by atoms with E-state index < -0.39 is 0 Å². The standard InChI is InChI=1S/C17H16Cl2FN3O/c18-12-4-3-5-13(19)16(12)21-17(24)23-10-8-22(9-11-23)15-7-2-1-6-14(15)20/h1-7H,8-11H2,(H,21,24). The maximum atomic E-state index is 13.8. The summed E-state index contributed by atoms with van der Waals surface area (Å²) in [6.45, 7) is 2.10. The molecule has 1 aliphatic heterocycles. The van der Waals surface area contributed by atoms with Gasteiger partial charge in [-0.15, -0.1) is 0 Å². The SMILES string of the molecule is O=C(Nc1c(Cl)cccc1Cl)N1CCN(c2ccccc2F)CC1. The Morgan fingerprint density at radius 1 is 0.958 bits per heavy atom. The zero-order valence-corrected chi connectivity index (χ0v) is 14.3. The minimum Gasteiger partial charge on any atom is -0.366 e. The van der Waals surface area contributed by atoms with Crippen LogP contribution in [0.3, 0.4) is 0 Å². The van der Waals surface area contributed by atoms with Gasteiger partial charge in [0.05, 0.1) is 21.4 Å². The van der Waals surface area contributed by atoms with Gasteiger partial charge < -0.3 is 15.1 Å². The summed E-state index contributed by atoms with van der Waals surface area (Å²) in [4.78, 5) is 16.0. The Bertz CT molecular complexity index is 728. The molecule has 1 aliphatic rings. The summed E-state index contributed by atoms with van der Waals surface area (Å²) in [5.41, 5.74) is 0.967. The van der Waals surface area contributed by atoms with Gasteiger partial charge in [-0.2, -0.15) is 0 Å². The van der Waals surface area contributed by atoms with Crippen molar-refractivity contribution >= 4 is 40.6 Å². The fourth-order valence-corrected chi connectivity index (χ4v) is 3.15. The summed E-state index contributed by atoms with van der Waals surface area (Å²) in [5.74, 6) is -0.252. The predicted octanol–water partition coefficient (Wildman–Crippen LogP) is 4.49.